The Hall–Kier alpha value is -2.11. The summed E-state index contributed by atoms with van der Waals surface area (Å²) in [4.78, 5) is 13.0. The lowest BCUT2D eigenvalue weighted by Crippen LogP contribution is -2.40. The molecule has 0 heterocycles. The maximum atomic E-state index is 13.0. The molecule has 0 spiro atoms. The Labute approximate surface area is 201 Å². The van der Waals surface area contributed by atoms with Crippen LogP contribution in [-0.4, -0.2) is 19.9 Å². The molecule has 0 aliphatic heterocycles. The molecule has 0 saturated heterocycles. The number of carbonyl (C=O) groups is 1. The molecular weight excluding hydrogens is 428 g/mol. The summed E-state index contributed by atoms with van der Waals surface area (Å²) in [7, 11) is -1.84. The Morgan fingerprint density at radius 3 is 2.15 bits per heavy atom. The molecular formula is C28H42O4Si. The maximum Gasteiger partial charge on any atom is 0.352 e. The van der Waals surface area contributed by atoms with E-state index in [1.165, 1.54) is 0 Å². The van der Waals surface area contributed by atoms with Crippen LogP contribution in [0.1, 0.15) is 77.7 Å². The first-order valence-electron chi connectivity index (χ1n) is 11.9. The van der Waals surface area contributed by atoms with Gasteiger partial charge in [0.25, 0.3) is 0 Å². The van der Waals surface area contributed by atoms with Gasteiger partial charge in [-0.3, -0.25) is 0 Å². The molecule has 0 fully saturated rings. The molecule has 4 nitrogen and oxygen atoms in total. The first-order chi connectivity index (χ1) is 15.2. The smallest absolute Gasteiger partial charge is 0.352 e. The van der Waals surface area contributed by atoms with Gasteiger partial charge in [-0.2, -0.15) is 0 Å². The van der Waals surface area contributed by atoms with E-state index in [9.17, 15) is 4.79 Å². The van der Waals surface area contributed by atoms with Crippen LogP contribution in [0.5, 0.6) is 5.75 Å². The second kappa shape index (κ2) is 10.9. The number of rotatable bonds is 9. The Bertz CT molecular complexity index is 908. The Morgan fingerprint density at radius 2 is 1.61 bits per heavy atom. The van der Waals surface area contributed by atoms with Crippen molar-refractivity contribution in [3.05, 3.63) is 65.2 Å². The normalized spacial score (nSPS) is 13.5. The third-order valence-corrected chi connectivity index (χ3v) is 10.5. The fraction of sp³-hybridized carbons (Fsp3) is 0.536. The van der Waals surface area contributed by atoms with Crippen LogP contribution in [0.25, 0.3) is 0 Å². The van der Waals surface area contributed by atoms with E-state index in [1.54, 1.807) is 0 Å². The van der Waals surface area contributed by atoms with Crippen LogP contribution < -0.4 is 4.74 Å². The largest absolute Gasteiger partial charge is 0.474 e. The van der Waals surface area contributed by atoms with Gasteiger partial charge in [0.05, 0.1) is 6.61 Å². The minimum absolute atomic E-state index is 0.165. The van der Waals surface area contributed by atoms with Crippen LogP contribution >= 0.6 is 0 Å². The van der Waals surface area contributed by atoms with E-state index in [0.717, 1.165) is 29.5 Å². The van der Waals surface area contributed by atoms with Crippen molar-refractivity contribution in [3.63, 3.8) is 0 Å². The molecule has 33 heavy (non-hydrogen) atoms. The lowest BCUT2D eigenvalue weighted by Gasteiger charge is -2.36. The second-order valence-electron chi connectivity index (χ2n) is 11.2. The molecule has 0 saturated carbocycles. The first-order valence-corrected chi connectivity index (χ1v) is 14.8. The summed E-state index contributed by atoms with van der Waals surface area (Å²) in [5.74, 6) is 0.328. The quantitative estimate of drug-likeness (QED) is 0.279. The monoisotopic (exact) mass is 470 g/mol. The van der Waals surface area contributed by atoms with Crippen molar-refractivity contribution in [2.24, 2.45) is 0 Å². The van der Waals surface area contributed by atoms with Crippen molar-refractivity contribution in [3.8, 4) is 5.75 Å². The number of hydrogen-bond acceptors (Lipinski definition) is 4. The van der Waals surface area contributed by atoms with Gasteiger partial charge >= 0.3 is 5.97 Å². The number of aryl methyl sites for hydroxylation is 1. The highest BCUT2D eigenvalue weighted by Crippen LogP contribution is 2.37. The molecule has 2 rings (SSSR count). The number of esters is 1. The fourth-order valence-electron chi connectivity index (χ4n) is 3.14. The predicted molar refractivity (Wildman–Crippen MR) is 138 cm³/mol. The summed E-state index contributed by atoms with van der Waals surface area (Å²) in [6, 6.07) is 15.7. The molecule has 0 bridgehead atoms. The number of benzene rings is 2. The lowest BCUT2D eigenvalue weighted by molar-refractivity contribution is -0.163. The van der Waals surface area contributed by atoms with Crippen molar-refractivity contribution in [2.45, 2.75) is 97.8 Å². The molecule has 0 radical (unpaired) electrons. The minimum Gasteiger partial charge on any atom is -0.474 e. The summed E-state index contributed by atoms with van der Waals surface area (Å²) in [5, 5.41) is 0.165. The average molecular weight is 471 g/mol. The first kappa shape index (κ1) is 27.1. The van der Waals surface area contributed by atoms with E-state index in [0.29, 0.717) is 12.4 Å². The Morgan fingerprint density at radius 1 is 0.970 bits per heavy atom. The molecule has 0 aromatic heterocycles. The molecule has 0 amide bonds. The SMILES string of the molecule is CCCc1cc(CO[Si](C)(C)C(C)(C)C)ccc1OC(C(=O)OC(C)(C)C)c1ccccc1. The van der Waals surface area contributed by atoms with Crippen molar-refractivity contribution >= 4 is 14.3 Å². The molecule has 0 aliphatic carbocycles. The molecule has 2 aromatic rings. The van der Waals surface area contributed by atoms with E-state index in [-0.39, 0.29) is 11.0 Å². The summed E-state index contributed by atoms with van der Waals surface area (Å²) in [5.41, 5.74) is 2.40. The van der Waals surface area contributed by atoms with Gasteiger partial charge in [-0.05, 0) is 68.6 Å². The summed E-state index contributed by atoms with van der Waals surface area (Å²) >= 11 is 0. The summed E-state index contributed by atoms with van der Waals surface area (Å²) in [6.45, 7) is 19.6. The van der Waals surface area contributed by atoms with Gasteiger partial charge in [-0.25, -0.2) is 4.79 Å². The zero-order valence-corrected chi connectivity index (χ0v) is 23.0. The molecule has 5 heteroatoms. The molecule has 0 aliphatic rings. The van der Waals surface area contributed by atoms with E-state index in [1.807, 2.05) is 63.2 Å². The topological polar surface area (TPSA) is 44.8 Å². The van der Waals surface area contributed by atoms with Crippen LogP contribution in [0, 0.1) is 0 Å². The molecule has 182 valence electrons. The Kier molecular flexibility index (Phi) is 8.94. The molecule has 2 aromatic carbocycles. The maximum absolute atomic E-state index is 13.0. The van der Waals surface area contributed by atoms with Crippen molar-refractivity contribution in [1.29, 1.82) is 0 Å². The van der Waals surface area contributed by atoms with Crippen LogP contribution in [0.4, 0.5) is 0 Å². The zero-order valence-electron chi connectivity index (χ0n) is 22.0. The third kappa shape index (κ3) is 8.00. The van der Waals surface area contributed by atoms with Crippen LogP contribution in [0.15, 0.2) is 48.5 Å². The van der Waals surface area contributed by atoms with Gasteiger partial charge in [-0.15, -0.1) is 0 Å². The molecule has 1 atom stereocenters. The van der Waals surface area contributed by atoms with Gasteiger partial charge in [0.15, 0.2) is 8.32 Å². The van der Waals surface area contributed by atoms with Crippen molar-refractivity contribution in [2.75, 3.05) is 0 Å². The van der Waals surface area contributed by atoms with Crippen LogP contribution in [-0.2, 0) is 27.0 Å². The van der Waals surface area contributed by atoms with Gasteiger partial charge in [0, 0.05) is 5.56 Å². The Balaban J connectivity index is 2.31. The zero-order chi connectivity index (χ0) is 24.9. The number of hydrogen-bond donors (Lipinski definition) is 0. The van der Waals surface area contributed by atoms with Gasteiger partial charge in [0.2, 0.25) is 6.10 Å². The average Bonchev–Trinajstić information content (AvgIpc) is 2.70. The fourth-order valence-corrected chi connectivity index (χ4v) is 4.11. The highest BCUT2D eigenvalue weighted by Gasteiger charge is 2.37. The van der Waals surface area contributed by atoms with Gasteiger partial charge < -0.3 is 13.9 Å². The summed E-state index contributed by atoms with van der Waals surface area (Å²) in [6.07, 6.45) is 1.01. The lowest BCUT2D eigenvalue weighted by atomic mass is 10.0. The minimum atomic E-state index is -1.84. The van der Waals surface area contributed by atoms with Gasteiger partial charge in [0.1, 0.15) is 11.4 Å². The van der Waals surface area contributed by atoms with E-state index >= 15 is 0 Å². The summed E-state index contributed by atoms with van der Waals surface area (Å²) < 4.78 is 18.4. The highest BCUT2D eigenvalue weighted by molar-refractivity contribution is 6.74. The third-order valence-electron chi connectivity index (χ3n) is 6.02. The molecule has 1 unspecified atom stereocenters. The van der Waals surface area contributed by atoms with Gasteiger partial charge in [-0.1, -0.05) is 70.5 Å². The van der Waals surface area contributed by atoms with E-state index in [2.05, 4.69) is 46.9 Å². The highest BCUT2D eigenvalue weighted by atomic mass is 28.4. The van der Waals surface area contributed by atoms with Crippen molar-refractivity contribution in [1.82, 2.24) is 0 Å². The molecule has 0 N–H and O–H groups in total. The predicted octanol–water partition coefficient (Wildman–Crippen LogP) is 7.62. The van der Waals surface area contributed by atoms with Crippen LogP contribution in [0.3, 0.4) is 0 Å². The number of carbonyl (C=O) groups excluding carboxylic acids is 1. The van der Waals surface area contributed by atoms with Crippen molar-refractivity contribution < 1.29 is 18.7 Å². The van der Waals surface area contributed by atoms with Crippen LogP contribution in [0.2, 0.25) is 18.1 Å². The van der Waals surface area contributed by atoms with E-state index in [4.69, 9.17) is 13.9 Å². The second-order valence-corrected chi connectivity index (χ2v) is 16.0. The number of ether oxygens (including phenoxy) is 2. The van der Waals surface area contributed by atoms with E-state index < -0.39 is 20.0 Å². The standard InChI is InChI=1S/C28H42O4Si/c1-10-14-23-19-21(20-30-33(8,9)28(5,6)7)17-18-24(23)31-25(22-15-12-11-13-16-22)26(29)32-27(2,3)4/h11-13,15-19,25H,10,14,20H2,1-9H3.